The highest BCUT2D eigenvalue weighted by Gasteiger charge is 2.19. The van der Waals surface area contributed by atoms with Gasteiger partial charge >= 0.3 is 0 Å². The van der Waals surface area contributed by atoms with Crippen LogP contribution in [0.15, 0.2) is 99.9 Å². The molecule has 0 aliphatic carbocycles. The van der Waals surface area contributed by atoms with Gasteiger partial charge in [-0.15, -0.1) is 0 Å². The average Bonchev–Trinajstić information content (AvgIpc) is 3.13. The largest absolute Gasteiger partial charge is 0.399 e. The summed E-state index contributed by atoms with van der Waals surface area (Å²) in [5, 5.41) is 7.17. The first kappa shape index (κ1) is 21.1. The van der Waals surface area contributed by atoms with Crippen LogP contribution in [0.25, 0.3) is 5.69 Å². The Hall–Kier alpha value is -4.19. The highest BCUT2D eigenvalue weighted by molar-refractivity contribution is 6.14. The number of aromatic amines is 1. The highest BCUT2D eigenvalue weighted by Crippen LogP contribution is 2.20. The van der Waals surface area contributed by atoms with E-state index in [1.165, 1.54) is 7.11 Å². The first-order valence-corrected chi connectivity index (χ1v) is 10.3. The molecule has 0 bridgehead atoms. The highest BCUT2D eigenvalue weighted by atomic mass is 16.6. The van der Waals surface area contributed by atoms with Crippen LogP contribution in [0.5, 0.6) is 0 Å². The Bertz CT molecular complexity index is 1320. The van der Waals surface area contributed by atoms with Crippen molar-refractivity contribution in [2.75, 3.05) is 7.11 Å². The first-order valence-electron chi connectivity index (χ1n) is 10.3. The van der Waals surface area contributed by atoms with E-state index in [0.717, 1.165) is 33.9 Å². The van der Waals surface area contributed by atoms with Crippen molar-refractivity contribution in [3.63, 3.8) is 0 Å². The molecule has 0 saturated carbocycles. The molecule has 0 aliphatic rings. The topological polar surface area (TPSA) is 71.7 Å². The molecule has 0 saturated heterocycles. The van der Waals surface area contributed by atoms with Crippen LogP contribution < -0.4 is 5.56 Å². The Morgan fingerprint density at radius 2 is 1.50 bits per heavy atom. The molecule has 0 spiro atoms. The number of hydrogen-bond donors (Lipinski definition) is 1. The minimum absolute atomic E-state index is 0.143. The molecule has 6 nitrogen and oxygen atoms in total. The standard InChI is InChI=1S/C26H24N4O2/c1-18(29-32-3)20-14-16-22(17-15-20)27-25(21-10-6-4-7-11-21)24-19(2)28-30(26(24)31)23-12-8-5-9-13-23/h4-17,28H,1-3H3/b27-25?,29-18+. The molecular weight excluding hydrogens is 400 g/mol. The molecule has 6 heteroatoms. The number of aromatic nitrogens is 2. The second-order valence-corrected chi connectivity index (χ2v) is 7.32. The fourth-order valence-corrected chi connectivity index (χ4v) is 3.54. The lowest BCUT2D eigenvalue weighted by atomic mass is 10.0. The lowest BCUT2D eigenvalue weighted by Crippen LogP contribution is -2.21. The van der Waals surface area contributed by atoms with Gasteiger partial charge in [0.25, 0.3) is 5.56 Å². The second-order valence-electron chi connectivity index (χ2n) is 7.32. The average molecular weight is 425 g/mol. The van der Waals surface area contributed by atoms with Gasteiger partial charge in [-0.05, 0) is 43.7 Å². The van der Waals surface area contributed by atoms with Gasteiger partial charge in [0, 0.05) is 11.3 Å². The fraction of sp³-hybridized carbons (Fsp3) is 0.115. The van der Waals surface area contributed by atoms with Gasteiger partial charge in [0.15, 0.2) is 0 Å². The normalized spacial score (nSPS) is 12.1. The Kier molecular flexibility index (Phi) is 6.12. The number of hydrogen-bond acceptors (Lipinski definition) is 4. The Balaban J connectivity index is 1.84. The number of nitrogens with zero attached hydrogens (tertiary/aromatic N) is 3. The van der Waals surface area contributed by atoms with Crippen LogP contribution >= 0.6 is 0 Å². The summed E-state index contributed by atoms with van der Waals surface area (Å²) in [6, 6.07) is 26.9. The zero-order valence-electron chi connectivity index (χ0n) is 18.2. The lowest BCUT2D eigenvalue weighted by Gasteiger charge is -2.07. The number of oxime groups is 1. The number of para-hydroxylation sites is 1. The van der Waals surface area contributed by atoms with Gasteiger partial charge < -0.3 is 4.84 Å². The Morgan fingerprint density at radius 1 is 0.875 bits per heavy atom. The van der Waals surface area contributed by atoms with E-state index in [-0.39, 0.29) is 5.56 Å². The summed E-state index contributed by atoms with van der Waals surface area (Å²) in [6.07, 6.45) is 0. The summed E-state index contributed by atoms with van der Waals surface area (Å²) in [5.41, 5.74) is 5.87. The van der Waals surface area contributed by atoms with E-state index in [2.05, 4.69) is 10.3 Å². The summed E-state index contributed by atoms with van der Waals surface area (Å²) in [7, 11) is 1.52. The third-order valence-electron chi connectivity index (χ3n) is 5.12. The van der Waals surface area contributed by atoms with Gasteiger partial charge in [-0.25, -0.2) is 9.67 Å². The van der Waals surface area contributed by atoms with E-state index in [1.807, 2.05) is 98.8 Å². The fourth-order valence-electron chi connectivity index (χ4n) is 3.54. The van der Waals surface area contributed by atoms with E-state index in [1.54, 1.807) is 4.68 Å². The van der Waals surface area contributed by atoms with Crippen LogP contribution in [0.2, 0.25) is 0 Å². The maximum Gasteiger partial charge on any atom is 0.280 e. The molecule has 0 aliphatic heterocycles. The van der Waals surface area contributed by atoms with Crippen molar-refractivity contribution >= 4 is 17.1 Å². The lowest BCUT2D eigenvalue weighted by molar-refractivity contribution is 0.213. The molecule has 0 atom stereocenters. The summed E-state index contributed by atoms with van der Waals surface area (Å²) in [4.78, 5) is 23.2. The van der Waals surface area contributed by atoms with E-state index in [4.69, 9.17) is 9.83 Å². The van der Waals surface area contributed by atoms with Gasteiger partial charge in [0.1, 0.15) is 7.11 Å². The smallest absolute Gasteiger partial charge is 0.280 e. The van der Waals surface area contributed by atoms with E-state index >= 15 is 0 Å². The molecule has 0 radical (unpaired) electrons. The van der Waals surface area contributed by atoms with Crippen LogP contribution in [0.4, 0.5) is 5.69 Å². The van der Waals surface area contributed by atoms with Crippen LogP contribution in [0.1, 0.15) is 29.3 Å². The predicted molar refractivity (Wildman–Crippen MR) is 129 cm³/mol. The number of rotatable bonds is 6. The van der Waals surface area contributed by atoms with Crippen molar-refractivity contribution in [1.82, 2.24) is 9.78 Å². The molecule has 1 heterocycles. The predicted octanol–water partition coefficient (Wildman–Crippen LogP) is 5.01. The van der Waals surface area contributed by atoms with Crippen LogP contribution in [0, 0.1) is 6.92 Å². The molecule has 1 N–H and O–H groups in total. The molecular formula is C26H24N4O2. The molecule has 1 aromatic heterocycles. The summed E-state index contributed by atoms with van der Waals surface area (Å²) in [5.74, 6) is 0. The quantitative estimate of drug-likeness (QED) is 0.349. The zero-order valence-corrected chi connectivity index (χ0v) is 18.2. The SMILES string of the molecule is CO/N=C(\C)c1ccc(N=C(c2ccccc2)c2c(C)[nH]n(-c3ccccc3)c2=O)cc1. The third kappa shape index (κ3) is 4.30. The number of H-pyrrole nitrogens is 1. The van der Waals surface area contributed by atoms with E-state index in [0.29, 0.717) is 11.3 Å². The molecule has 0 unspecified atom stereocenters. The van der Waals surface area contributed by atoms with Crippen LogP contribution in [-0.2, 0) is 4.84 Å². The van der Waals surface area contributed by atoms with Crippen molar-refractivity contribution in [2.24, 2.45) is 10.1 Å². The first-order chi connectivity index (χ1) is 15.6. The van der Waals surface area contributed by atoms with Gasteiger partial charge in [0.2, 0.25) is 0 Å². The van der Waals surface area contributed by atoms with Crippen LogP contribution in [0.3, 0.4) is 0 Å². The molecule has 0 fully saturated rings. The molecule has 4 aromatic rings. The van der Waals surface area contributed by atoms with E-state index in [9.17, 15) is 4.79 Å². The Morgan fingerprint density at radius 3 is 2.12 bits per heavy atom. The van der Waals surface area contributed by atoms with Crippen molar-refractivity contribution in [3.8, 4) is 5.69 Å². The van der Waals surface area contributed by atoms with Crippen molar-refractivity contribution in [3.05, 3.63) is 118 Å². The molecule has 0 amide bonds. The molecule has 4 rings (SSSR count). The molecule has 160 valence electrons. The molecule has 32 heavy (non-hydrogen) atoms. The number of aryl methyl sites for hydroxylation is 1. The van der Waals surface area contributed by atoms with Gasteiger partial charge in [0.05, 0.1) is 28.4 Å². The third-order valence-corrected chi connectivity index (χ3v) is 5.12. The van der Waals surface area contributed by atoms with Gasteiger partial charge in [-0.2, -0.15) is 0 Å². The van der Waals surface area contributed by atoms with Crippen molar-refractivity contribution < 1.29 is 4.84 Å². The summed E-state index contributed by atoms with van der Waals surface area (Å²) >= 11 is 0. The minimum Gasteiger partial charge on any atom is -0.399 e. The number of benzene rings is 3. The van der Waals surface area contributed by atoms with Crippen molar-refractivity contribution in [1.29, 1.82) is 0 Å². The monoisotopic (exact) mass is 424 g/mol. The van der Waals surface area contributed by atoms with Gasteiger partial charge in [-0.1, -0.05) is 65.8 Å². The maximum atomic E-state index is 13.4. The molecule has 3 aromatic carbocycles. The number of aliphatic imine (C=N–C) groups is 1. The second kappa shape index (κ2) is 9.31. The number of nitrogens with one attached hydrogen (secondary N) is 1. The van der Waals surface area contributed by atoms with E-state index < -0.39 is 0 Å². The summed E-state index contributed by atoms with van der Waals surface area (Å²) < 4.78 is 1.55. The zero-order chi connectivity index (χ0) is 22.5. The minimum atomic E-state index is -0.143. The van der Waals surface area contributed by atoms with Crippen LogP contribution in [-0.4, -0.2) is 28.3 Å². The van der Waals surface area contributed by atoms with Gasteiger partial charge in [-0.3, -0.25) is 9.89 Å². The van der Waals surface area contributed by atoms with Crippen molar-refractivity contribution in [2.45, 2.75) is 13.8 Å². The maximum absolute atomic E-state index is 13.4. The Labute approximate surface area is 186 Å². The summed E-state index contributed by atoms with van der Waals surface area (Å²) in [6.45, 7) is 3.77.